The summed E-state index contributed by atoms with van der Waals surface area (Å²) < 4.78 is 0. The lowest BCUT2D eigenvalue weighted by molar-refractivity contribution is -0.120. The number of hydrogen-bond donors (Lipinski definition) is 1. The lowest BCUT2D eigenvalue weighted by Crippen LogP contribution is -2.26. The maximum atomic E-state index is 11.8. The van der Waals surface area contributed by atoms with Crippen molar-refractivity contribution in [2.75, 3.05) is 6.54 Å². The third kappa shape index (κ3) is 5.24. The monoisotopic (exact) mass is 301 g/mol. The van der Waals surface area contributed by atoms with Crippen LogP contribution in [0.15, 0.2) is 48.5 Å². The molecule has 2 aromatic carbocycles. The zero-order chi connectivity index (χ0) is 15.1. The van der Waals surface area contributed by atoms with Crippen LogP contribution in [-0.4, -0.2) is 12.5 Å². The van der Waals surface area contributed by atoms with Crippen LogP contribution in [0.5, 0.6) is 0 Å². The molecule has 21 heavy (non-hydrogen) atoms. The molecule has 0 aromatic heterocycles. The topological polar surface area (TPSA) is 29.1 Å². The van der Waals surface area contributed by atoms with E-state index in [0.29, 0.717) is 13.0 Å². The summed E-state index contributed by atoms with van der Waals surface area (Å²) in [5.74, 6) is 0.0676. The standard InChI is InChI=1S/C18H20ClNO/c1-14-8-10-15(11-9-14)13-18(21)20-12-4-6-16-5-2-3-7-17(16)19/h2-3,5,7-11H,4,6,12-13H2,1H3,(H,20,21). The molecule has 3 heteroatoms. The van der Waals surface area contributed by atoms with Crippen molar-refractivity contribution >= 4 is 17.5 Å². The third-order valence-electron chi connectivity index (χ3n) is 3.39. The molecule has 0 aliphatic heterocycles. The fraction of sp³-hybridized carbons (Fsp3) is 0.278. The van der Waals surface area contributed by atoms with Gasteiger partial charge in [0.15, 0.2) is 0 Å². The van der Waals surface area contributed by atoms with Crippen LogP contribution in [0, 0.1) is 6.92 Å². The van der Waals surface area contributed by atoms with Crippen LogP contribution in [0.2, 0.25) is 5.02 Å². The number of hydrogen-bond acceptors (Lipinski definition) is 1. The van der Waals surface area contributed by atoms with Gasteiger partial charge in [-0.3, -0.25) is 4.79 Å². The molecular formula is C18H20ClNO. The highest BCUT2D eigenvalue weighted by Crippen LogP contribution is 2.16. The van der Waals surface area contributed by atoms with E-state index in [4.69, 9.17) is 11.6 Å². The van der Waals surface area contributed by atoms with Gasteiger partial charge in [-0.1, -0.05) is 59.6 Å². The normalized spacial score (nSPS) is 10.4. The van der Waals surface area contributed by atoms with Crippen molar-refractivity contribution in [3.8, 4) is 0 Å². The van der Waals surface area contributed by atoms with Crippen LogP contribution in [0.1, 0.15) is 23.1 Å². The van der Waals surface area contributed by atoms with E-state index in [1.165, 1.54) is 5.56 Å². The van der Waals surface area contributed by atoms with Crippen LogP contribution in [0.4, 0.5) is 0 Å². The molecule has 2 rings (SSSR count). The summed E-state index contributed by atoms with van der Waals surface area (Å²) in [7, 11) is 0. The maximum Gasteiger partial charge on any atom is 0.224 e. The summed E-state index contributed by atoms with van der Waals surface area (Å²) in [4.78, 5) is 11.8. The van der Waals surface area contributed by atoms with E-state index in [2.05, 4.69) is 5.32 Å². The van der Waals surface area contributed by atoms with E-state index in [0.717, 1.165) is 29.0 Å². The Morgan fingerprint density at radius 3 is 2.52 bits per heavy atom. The molecule has 0 saturated carbocycles. The van der Waals surface area contributed by atoms with Crippen molar-refractivity contribution in [1.82, 2.24) is 5.32 Å². The first-order valence-corrected chi connectivity index (χ1v) is 7.58. The molecule has 0 aliphatic carbocycles. The van der Waals surface area contributed by atoms with Crippen molar-refractivity contribution in [2.45, 2.75) is 26.2 Å². The Hall–Kier alpha value is -1.80. The van der Waals surface area contributed by atoms with Gasteiger partial charge in [-0.25, -0.2) is 0 Å². The molecule has 2 nitrogen and oxygen atoms in total. The summed E-state index contributed by atoms with van der Waals surface area (Å²) >= 11 is 6.10. The zero-order valence-electron chi connectivity index (χ0n) is 12.2. The number of rotatable bonds is 6. The molecule has 1 amide bonds. The van der Waals surface area contributed by atoms with Gasteiger partial charge in [0, 0.05) is 11.6 Å². The van der Waals surface area contributed by atoms with Crippen LogP contribution >= 0.6 is 11.6 Å². The lowest BCUT2D eigenvalue weighted by atomic mass is 10.1. The molecule has 0 aliphatic rings. The van der Waals surface area contributed by atoms with E-state index in [1.807, 2.05) is 55.5 Å². The van der Waals surface area contributed by atoms with E-state index in [1.54, 1.807) is 0 Å². The fourth-order valence-corrected chi connectivity index (χ4v) is 2.39. The summed E-state index contributed by atoms with van der Waals surface area (Å²) in [5.41, 5.74) is 3.38. The molecule has 0 unspecified atom stereocenters. The van der Waals surface area contributed by atoms with Gasteiger partial charge in [-0.15, -0.1) is 0 Å². The predicted molar refractivity (Wildman–Crippen MR) is 87.7 cm³/mol. The van der Waals surface area contributed by atoms with Gasteiger partial charge in [0.2, 0.25) is 5.91 Å². The van der Waals surface area contributed by atoms with Gasteiger partial charge in [0.05, 0.1) is 6.42 Å². The molecule has 0 atom stereocenters. The number of aryl methyl sites for hydroxylation is 2. The summed E-state index contributed by atoms with van der Waals surface area (Å²) in [6, 6.07) is 15.9. The van der Waals surface area contributed by atoms with Gasteiger partial charge in [-0.2, -0.15) is 0 Å². The van der Waals surface area contributed by atoms with Gasteiger partial charge in [0.1, 0.15) is 0 Å². The molecule has 1 N–H and O–H groups in total. The Balaban J connectivity index is 1.70. The number of nitrogens with one attached hydrogen (secondary N) is 1. The van der Waals surface area contributed by atoms with Crippen LogP contribution < -0.4 is 5.32 Å². The first-order chi connectivity index (χ1) is 10.1. The largest absolute Gasteiger partial charge is 0.356 e. The Bertz CT molecular complexity index is 592. The Kier molecular flexibility index (Phi) is 5.82. The average molecular weight is 302 g/mol. The van der Waals surface area contributed by atoms with E-state index < -0.39 is 0 Å². The predicted octanol–water partition coefficient (Wildman–Crippen LogP) is 3.94. The quantitative estimate of drug-likeness (QED) is 0.805. The average Bonchev–Trinajstić information content (AvgIpc) is 2.48. The lowest BCUT2D eigenvalue weighted by Gasteiger charge is -2.07. The van der Waals surface area contributed by atoms with Crippen LogP contribution in [0.25, 0.3) is 0 Å². The molecule has 0 fully saturated rings. The van der Waals surface area contributed by atoms with Gasteiger partial charge < -0.3 is 5.32 Å². The minimum Gasteiger partial charge on any atom is -0.356 e. The second-order valence-electron chi connectivity index (χ2n) is 5.21. The first kappa shape index (κ1) is 15.6. The SMILES string of the molecule is Cc1ccc(CC(=O)NCCCc2ccccc2Cl)cc1. The first-order valence-electron chi connectivity index (χ1n) is 7.21. The fourth-order valence-electron chi connectivity index (χ4n) is 2.16. The second kappa shape index (κ2) is 7.84. The molecule has 2 aromatic rings. The third-order valence-corrected chi connectivity index (χ3v) is 3.76. The second-order valence-corrected chi connectivity index (χ2v) is 5.61. The smallest absolute Gasteiger partial charge is 0.224 e. The molecule has 110 valence electrons. The molecule has 0 heterocycles. The number of benzene rings is 2. The highest BCUT2D eigenvalue weighted by Gasteiger charge is 2.03. The van der Waals surface area contributed by atoms with Crippen molar-refractivity contribution in [2.24, 2.45) is 0 Å². The van der Waals surface area contributed by atoms with E-state index >= 15 is 0 Å². The Morgan fingerprint density at radius 1 is 1.10 bits per heavy atom. The number of carbonyl (C=O) groups is 1. The molecule has 0 bridgehead atoms. The number of carbonyl (C=O) groups excluding carboxylic acids is 1. The summed E-state index contributed by atoms with van der Waals surface area (Å²) in [5, 5.41) is 3.75. The van der Waals surface area contributed by atoms with E-state index in [9.17, 15) is 4.79 Å². The molecule has 0 saturated heterocycles. The molecular weight excluding hydrogens is 282 g/mol. The highest BCUT2D eigenvalue weighted by atomic mass is 35.5. The Labute approximate surface area is 131 Å². The zero-order valence-corrected chi connectivity index (χ0v) is 13.0. The van der Waals surface area contributed by atoms with Crippen LogP contribution in [0.3, 0.4) is 0 Å². The Morgan fingerprint density at radius 2 is 1.81 bits per heavy atom. The molecule has 0 spiro atoms. The highest BCUT2D eigenvalue weighted by molar-refractivity contribution is 6.31. The van der Waals surface area contributed by atoms with Crippen molar-refractivity contribution in [3.05, 3.63) is 70.2 Å². The van der Waals surface area contributed by atoms with Gasteiger partial charge >= 0.3 is 0 Å². The van der Waals surface area contributed by atoms with Gasteiger partial charge in [-0.05, 0) is 37.0 Å². The summed E-state index contributed by atoms with van der Waals surface area (Å²) in [6.45, 7) is 2.72. The number of amides is 1. The molecule has 0 radical (unpaired) electrons. The van der Waals surface area contributed by atoms with Crippen LogP contribution in [-0.2, 0) is 17.6 Å². The van der Waals surface area contributed by atoms with Gasteiger partial charge in [0.25, 0.3) is 0 Å². The summed E-state index contributed by atoms with van der Waals surface area (Å²) in [6.07, 6.45) is 2.21. The van der Waals surface area contributed by atoms with Crippen molar-refractivity contribution < 1.29 is 4.79 Å². The van der Waals surface area contributed by atoms with Crippen molar-refractivity contribution in [1.29, 1.82) is 0 Å². The minimum absolute atomic E-state index is 0.0676. The van der Waals surface area contributed by atoms with E-state index in [-0.39, 0.29) is 5.91 Å². The van der Waals surface area contributed by atoms with Crippen molar-refractivity contribution in [3.63, 3.8) is 0 Å². The maximum absolute atomic E-state index is 11.8. The number of halogens is 1. The minimum atomic E-state index is 0.0676.